The second-order valence-electron chi connectivity index (χ2n) is 5.16. The minimum Gasteiger partial charge on any atom is -0.477 e. The van der Waals surface area contributed by atoms with E-state index in [9.17, 15) is 19.5 Å². The molecule has 0 saturated carbocycles. The Bertz CT molecular complexity index is 863. The lowest BCUT2D eigenvalue weighted by Crippen LogP contribution is -2.70. The lowest BCUT2D eigenvalue weighted by molar-refractivity contribution is -0.150. The van der Waals surface area contributed by atoms with Crippen LogP contribution in [0.4, 0.5) is 0 Å². The first-order valence-corrected chi connectivity index (χ1v) is 10.3. The highest BCUT2D eigenvalue weighted by Gasteiger charge is 2.54. The van der Waals surface area contributed by atoms with E-state index in [2.05, 4.69) is 20.5 Å². The molecule has 1 fully saturated rings. The number of carboxylic acid groups (broad SMARTS) is 1. The predicted octanol–water partition coefficient (Wildman–Crippen LogP) is 0.363. The number of hydrogen-bond donors (Lipinski definition) is 3. The lowest BCUT2D eigenvalue weighted by atomic mass is 10.1. The number of nitriles is 1. The molecule has 3 N–H and O–H groups in total. The Kier molecular flexibility index (Phi) is 6.09. The summed E-state index contributed by atoms with van der Waals surface area (Å²) in [5, 5.41) is 28.4. The highest BCUT2D eigenvalue weighted by molar-refractivity contribution is 8.06. The maximum Gasteiger partial charge on any atom is 0.353 e. The van der Waals surface area contributed by atoms with Gasteiger partial charge in [-0.05, 0) is 17.2 Å². The number of carbonyl (C=O) groups excluding carboxylic acids is 2. The molecular formula is C14H12N6O4S3. The topological polar surface area (TPSA) is 152 Å². The third-order valence-electron chi connectivity index (χ3n) is 3.51. The van der Waals surface area contributed by atoms with Crippen LogP contribution in [-0.2, 0) is 14.4 Å². The minimum absolute atomic E-state index is 0.0624. The van der Waals surface area contributed by atoms with Crippen molar-refractivity contribution in [1.29, 1.82) is 5.26 Å². The predicted molar refractivity (Wildman–Crippen MR) is 99.1 cm³/mol. The number of rotatable bonds is 7. The van der Waals surface area contributed by atoms with Crippen LogP contribution in [0.3, 0.4) is 0 Å². The van der Waals surface area contributed by atoms with Crippen LogP contribution in [0.25, 0.3) is 0 Å². The van der Waals surface area contributed by atoms with Crippen LogP contribution >= 0.6 is 35.3 Å². The molecule has 3 rings (SSSR count). The number of fused-ring (bicyclic) bond motifs is 1. The van der Waals surface area contributed by atoms with Crippen molar-refractivity contribution in [3.8, 4) is 6.07 Å². The fraction of sp³-hybridized carbons (Fsp3) is 0.286. The second kappa shape index (κ2) is 8.51. The molecule has 0 spiro atoms. The molecule has 2 amide bonds. The van der Waals surface area contributed by atoms with Crippen LogP contribution in [0, 0.1) is 11.3 Å². The molecule has 13 heteroatoms. The molecule has 0 aromatic carbocycles. The maximum absolute atomic E-state index is 12.5. The zero-order valence-electron chi connectivity index (χ0n) is 13.5. The smallest absolute Gasteiger partial charge is 0.353 e. The highest BCUT2D eigenvalue weighted by atomic mass is 32.2. The van der Waals surface area contributed by atoms with Gasteiger partial charge in [0.15, 0.2) is 0 Å². The number of allylic oxidation sites excluding steroid dienone is 1. The summed E-state index contributed by atoms with van der Waals surface area (Å²) < 4.78 is 0. The normalized spacial score (nSPS) is 21.6. The molecule has 1 aromatic heterocycles. The van der Waals surface area contributed by atoms with Crippen LogP contribution in [0.1, 0.15) is 0 Å². The first kappa shape index (κ1) is 19.3. The van der Waals surface area contributed by atoms with E-state index in [1.165, 1.54) is 34.5 Å². The van der Waals surface area contributed by atoms with Gasteiger partial charge < -0.3 is 10.4 Å². The Morgan fingerprint density at radius 3 is 3.07 bits per heavy atom. The molecule has 0 radical (unpaired) electrons. The van der Waals surface area contributed by atoms with Gasteiger partial charge in [-0.3, -0.25) is 19.6 Å². The molecule has 10 nitrogen and oxygen atoms in total. The van der Waals surface area contributed by atoms with Crippen LogP contribution < -0.4 is 5.32 Å². The standard InChI is InChI=1S/C14H12N6O4S3/c15-2-1-3-25-5-8(21)18-9-11(22)20-10(13(23)24)7(4-26-12(9)20)27-14-16-6-17-19-14/h1,3,6,9,12H,4-5H2,(H,18,21)(H,23,24)(H,16,17,19)/b3-1-/t9-,12-/m1/s1. The molecule has 3 heterocycles. The minimum atomic E-state index is -1.21. The molecule has 0 bridgehead atoms. The fourth-order valence-electron chi connectivity index (χ4n) is 2.44. The van der Waals surface area contributed by atoms with Gasteiger partial charge in [0.05, 0.1) is 11.8 Å². The Hall–Kier alpha value is -2.43. The van der Waals surface area contributed by atoms with Crippen molar-refractivity contribution < 1.29 is 19.5 Å². The lowest BCUT2D eigenvalue weighted by Gasteiger charge is -2.49. The van der Waals surface area contributed by atoms with Crippen LogP contribution in [0.2, 0.25) is 0 Å². The van der Waals surface area contributed by atoms with Crippen LogP contribution in [0.5, 0.6) is 0 Å². The summed E-state index contributed by atoms with van der Waals surface area (Å²) in [5.41, 5.74) is -0.102. The van der Waals surface area contributed by atoms with Crippen molar-refractivity contribution in [2.24, 2.45) is 0 Å². The van der Waals surface area contributed by atoms with E-state index in [0.717, 1.165) is 23.5 Å². The summed E-state index contributed by atoms with van der Waals surface area (Å²) in [7, 11) is 0. The molecule has 1 aromatic rings. The quantitative estimate of drug-likeness (QED) is 0.413. The third-order valence-corrected chi connectivity index (χ3v) is 6.70. The number of nitrogens with zero attached hydrogens (tertiary/aromatic N) is 4. The van der Waals surface area contributed by atoms with Crippen molar-refractivity contribution in [3.63, 3.8) is 0 Å². The average Bonchev–Trinajstić information content (AvgIpc) is 3.15. The van der Waals surface area contributed by atoms with Crippen molar-refractivity contribution in [3.05, 3.63) is 28.4 Å². The van der Waals surface area contributed by atoms with Gasteiger partial charge in [-0.25, -0.2) is 9.78 Å². The highest BCUT2D eigenvalue weighted by Crippen LogP contribution is 2.44. The third kappa shape index (κ3) is 4.12. The molecule has 2 aliphatic heterocycles. The molecule has 140 valence electrons. The second-order valence-corrected chi connectivity index (χ2v) is 8.22. The van der Waals surface area contributed by atoms with E-state index < -0.39 is 23.3 Å². The number of H-pyrrole nitrogens is 1. The van der Waals surface area contributed by atoms with E-state index in [1.54, 1.807) is 0 Å². The van der Waals surface area contributed by atoms with E-state index in [-0.39, 0.29) is 17.4 Å². The molecule has 27 heavy (non-hydrogen) atoms. The van der Waals surface area contributed by atoms with Gasteiger partial charge in [-0.2, -0.15) is 5.26 Å². The summed E-state index contributed by atoms with van der Waals surface area (Å²) >= 11 is 3.59. The first-order chi connectivity index (χ1) is 13.0. The largest absolute Gasteiger partial charge is 0.477 e. The monoisotopic (exact) mass is 424 g/mol. The average molecular weight is 424 g/mol. The number of β-lactam (4-membered cyclic amide) rings is 1. The number of aliphatic carboxylic acids is 1. The number of amides is 2. The van der Waals surface area contributed by atoms with Crippen molar-refractivity contribution >= 4 is 53.1 Å². The number of hydrogen-bond acceptors (Lipinski definition) is 9. The summed E-state index contributed by atoms with van der Waals surface area (Å²) in [4.78, 5) is 41.7. The van der Waals surface area contributed by atoms with Gasteiger partial charge in [0.1, 0.15) is 23.4 Å². The summed E-state index contributed by atoms with van der Waals surface area (Å²) in [6.45, 7) is 0. The zero-order valence-corrected chi connectivity index (χ0v) is 15.9. The molecule has 2 aliphatic rings. The number of aromatic amines is 1. The van der Waals surface area contributed by atoms with Crippen molar-refractivity contribution in [2.45, 2.75) is 16.6 Å². The van der Waals surface area contributed by atoms with Gasteiger partial charge >= 0.3 is 5.97 Å². The van der Waals surface area contributed by atoms with Crippen molar-refractivity contribution in [1.82, 2.24) is 25.4 Å². The summed E-state index contributed by atoms with van der Waals surface area (Å²) in [6, 6.07) is 1.04. The summed E-state index contributed by atoms with van der Waals surface area (Å²) in [6.07, 6.45) is 2.63. The number of nitrogens with one attached hydrogen (secondary N) is 2. The summed E-state index contributed by atoms with van der Waals surface area (Å²) in [5.74, 6) is -1.62. The Balaban J connectivity index is 1.68. The Morgan fingerprint density at radius 1 is 1.59 bits per heavy atom. The van der Waals surface area contributed by atoms with Gasteiger partial charge in [0.2, 0.25) is 11.1 Å². The molecule has 0 unspecified atom stereocenters. The van der Waals surface area contributed by atoms with Gasteiger partial charge in [-0.1, -0.05) is 0 Å². The Labute approximate surface area is 165 Å². The molecule has 0 aliphatic carbocycles. The van der Waals surface area contributed by atoms with Gasteiger partial charge in [-0.15, -0.1) is 28.6 Å². The number of thioether (sulfide) groups is 3. The SMILES string of the molecule is N#C/C=C\SCC(=O)N[C@@H]1C(=O)N2C(C(=O)O)=C(Sc3nc[nH]n3)CS[C@H]12. The molecule has 1 saturated heterocycles. The van der Waals surface area contributed by atoms with E-state index >= 15 is 0 Å². The maximum atomic E-state index is 12.5. The van der Waals surface area contributed by atoms with E-state index in [1.807, 2.05) is 6.07 Å². The van der Waals surface area contributed by atoms with E-state index in [4.69, 9.17) is 5.26 Å². The number of carboxylic acids is 1. The number of carbonyl (C=O) groups is 3. The van der Waals surface area contributed by atoms with Crippen LogP contribution in [0.15, 0.2) is 33.6 Å². The zero-order chi connectivity index (χ0) is 19.4. The first-order valence-electron chi connectivity index (χ1n) is 7.43. The Morgan fingerprint density at radius 2 is 2.41 bits per heavy atom. The molecule has 2 atom stereocenters. The van der Waals surface area contributed by atoms with Crippen LogP contribution in [-0.4, -0.2) is 65.9 Å². The fourth-order valence-corrected chi connectivity index (χ4v) is 5.27. The van der Waals surface area contributed by atoms with Gasteiger partial charge in [0.25, 0.3) is 5.91 Å². The van der Waals surface area contributed by atoms with E-state index in [0.29, 0.717) is 15.8 Å². The van der Waals surface area contributed by atoms with Gasteiger partial charge in [0, 0.05) is 16.7 Å². The molecular weight excluding hydrogens is 412 g/mol. The number of aromatic nitrogens is 3. The van der Waals surface area contributed by atoms with Crippen molar-refractivity contribution in [2.75, 3.05) is 11.5 Å².